The molecule has 5 nitrogen and oxygen atoms in total. The number of hydrogen-bond acceptors (Lipinski definition) is 4. The first-order valence-corrected chi connectivity index (χ1v) is 6.39. The van der Waals surface area contributed by atoms with Crippen molar-refractivity contribution in [2.24, 2.45) is 5.92 Å². The number of amides is 1. The van der Waals surface area contributed by atoms with Gasteiger partial charge in [0.25, 0.3) is 0 Å². The smallest absolute Gasteiger partial charge is 0.224 e. The standard InChI is InChI=1S/C8H15NO4S/c1-6(10)4-9-8(11)7-2-3-14(12,13)5-7/h6-7,10H,2-5H2,1H3,(H,9,11). The Kier molecular flexibility index (Phi) is 3.49. The van der Waals surface area contributed by atoms with E-state index in [1.165, 1.54) is 0 Å². The van der Waals surface area contributed by atoms with Crippen LogP contribution in [-0.4, -0.2) is 43.6 Å². The zero-order valence-electron chi connectivity index (χ0n) is 8.06. The van der Waals surface area contributed by atoms with Gasteiger partial charge in [0.15, 0.2) is 9.84 Å². The molecule has 0 aromatic rings. The highest BCUT2D eigenvalue weighted by Gasteiger charge is 2.32. The van der Waals surface area contributed by atoms with Gasteiger partial charge in [-0.1, -0.05) is 0 Å². The van der Waals surface area contributed by atoms with Crippen molar-refractivity contribution in [1.82, 2.24) is 5.32 Å². The average Bonchev–Trinajstić information content (AvgIpc) is 2.41. The van der Waals surface area contributed by atoms with E-state index in [4.69, 9.17) is 5.11 Å². The fourth-order valence-electron chi connectivity index (χ4n) is 1.39. The van der Waals surface area contributed by atoms with Crippen molar-refractivity contribution in [2.75, 3.05) is 18.1 Å². The molecule has 2 unspecified atom stereocenters. The van der Waals surface area contributed by atoms with Gasteiger partial charge in [-0.3, -0.25) is 4.79 Å². The summed E-state index contributed by atoms with van der Waals surface area (Å²) in [4.78, 5) is 11.4. The zero-order chi connectivity index (χ0) is 10.8. The minimum absolute atomic E-state index is 0.0569. The van der Waals surface area contributed by atoms with Crippen LogP contribution in [0.2, 0.25) is 0 Å². The summed E-state index contributed by atoms with van der Waals surface area (Å²) in [5.41, 5.74) is 0. The van der Waals surface area contributed by atoms with E-state index < -0.39 is 21.9 Å². The van der Waals surface area contributed by atoms with Gasteiger partial charge in [-0.15, -0.1) is 0 Å². The van der Waals surface area contributed by atoms with Gasteiger partial charge in [-0.25, -0.2) is 8.42 Å². The number of aliphatic hydroxyl groups excluding tert-OH is 1. The predicted octanol–water partition coefficient (Wildman–Crippen LogP) is -1.08. The summed E-state index contributed by atoms with van der Waals surface area (Å²) in [6.45, 7) is 1.74. The van der Waals surface area contributed by atoms with Crippen LogP contribution in [0.5, 0.6) is 0 Å². The van der Waals surface area contributed by atoms with Crippen LogP contribution in [0.25, 0.3) is 0 Å². The topological polar surface area (TPSA) is 83.5 Å². The maximum Gasteiger partial charge on any atom is 0.224 e. The molecule has 1 saturated heterocycles. The predicted molar refractivity (Wildman–Crippen MR) is 51.5 cm³/mol. The first-order valence-electron chi connectivity index (χ1n) is 4.57. The number of rotatable bonds is 3. The lowest BCUT2D eigenvalue weighted by Gasteiger charge is -2.10. The summed E-state index contributed by atoms with van der Waals surface area (Å²) in [6.07, 6.45) is -0.203. The lowest BCUT2D eigenvalue weighted by molar-refractivity contribution is -0.124. The molecule has 2 atom stereocenters. The highest BCUT2D eigenvalue weighted by atomic mass is 32.2. The van der Waals surface area contributed by atoms with Crippen molar-refractivity contribution in [3.63, 3.8) is 0 Å². The number of carbonyl (C=O) groups excluding carboxylic acids is 1. The highest BCUT2D eigenvalue weighted by molar-refractivity contribution is 7.91. The van der Waals surface area contributed by atoms with E-state index in [0.717, 1.165) is 0 Å². The van der Waals surface area contributed by atoms with E-state index in [1.54, 1.807) is 6.92 Å². The second-order valence-electron chi connectivity index (χ2n) is 3.69. The van der Waals surface area contributed by atoms with Crippen molar-refractivity contribution in [2.45, 2.75) is 19.4 Å². The van der Waals surface area contributed by atoms with Gasteiger partial charge in [0.1, 0.15) is 0 Å². The molecule has 1 heterocycles. The van der Waals surface area contributed by atoms with Crippen LogP contribution in [0, 0.1) is 5.92 Å². The van der Waals surface area contributed by atoms with Crippen LogP contribution in [0.15, 0.2) is 0 Å². The van der Waals surface area contributed by atoms with Crippen LogP contribution >= 0.6 is 0 Å². The number of aliphatic hydroxyl groups is 1. The maximum absolute atomic E-state index is 11.4. The van der Waals surface area contributed by atoms with Gasteiger partial charge in [0.2, 0.25) is 5.91 Å². The van der Waals surface area contributed by atoms with E-state index in [2.05, 4.69) is 5.32 Å². The summed E-state index contributed by atoms with van der Waals surface area (Å²) in [6, 6.07) is 0. The minimum Gasteiger partial charge on any atom is -0.392 e. The van der Waals surface area contributed by atoms with Crippen molar-refractivity contribution in [3.05, 3.63) is 0 Å². The molecule has 2 N–H and O–H groups in total. The molecule has 0 spiro atoms. The third kappa shape index (κ3) is 3.26. The average molecular weight is 221 g/mol. The van der Waals surface area contributed by atoms with Gasteiger partial charge in [-0.05, 0) is 13.3 Å². The molecular weight excluding hydrogens is 206 g/mol. The quantitative estimate of drug-likeness (QED) is 0.635. The molecule has 0 aromatic carbocycles. The molecule has 0 aromatic heterocycles. The Morgan fingerprint density at radius 3 is 2.71 bits per heavy atom. The van der Waals surface area contributed by atoms with Crippen molar-refractivity contribution >= 4 is 15.7 Å². The molecule has 1 aliphatic rings. The lowest BCUT2D eigenvalue weighted by atomic mass is 10.1. The monoisotopic (exact) mass is 221 g/mol. The zero-order valence-corrected chi connectivity index (χ0v) is 8.88. The molecule has 6 heteroatoms. The maximum atomic E-state index is 11.4. The van der Waals surface area contributed by atoms with Crippen LogP contribution in [0.3, 0.4) is 0 Å². The molecule has 1 rings (SSSR count). The first-order chi connectivity index (χ1) is 6.41. The second kappa shape index (κ2) is 4.27. The molecule has 0 saturated carbocycles. The van der Waals surface area contributed by atoms with Crippen LogP contribution in [0.1, 0.15) is 13.3 Å². The molecule has 1 amide bonds. The number of carbonyl (C=O) groups is 1. The summed E-state index contributed by atoms with van der Waals surface area (Å²) < 4.78 is 22.1. The largest absolute Gasteiger partial charge is 0.392 e. The molecule has 1 fully saturated rings. The summed E-state index contributed by atoms with van der Waals surface area (Å²) in [7, 11) is -3.00. The van der Waals surface area contributed by atoms with E-state index in [1.807, 2.05) is 0 Å². The van der Waals surface area contributed by atoms with Crippen LogP contribution in [-0.2, 0) is 14.6 Å². The third-order valence-corrected chi connectivity index (χ3v) is 3.94. The van der Waals surface area contributed by atoms with Gasteiger partial charge < -0.3 is 10.4 Å². The van der Waals surface area contributed by atoms with Crippen LogP contribution in [0.4, 0.5) is 0 Å². The molecule has 1 aliphatic heterocycles. The van der Waals surface area contributed by atoms with Crippen molar-refractivity contribution in [1.29, 1.82) is 0 Å². The van der Waals surface area contributed by atoms with Crippen molar-refractivity contribution in [3.8, 4) is 0 Å². The third-order valence-electron chi connectivity index (χ3n) is 2.17. The molecular formula is C8H15NO4S. The Morgan fingerprint density at radius 1 is 1.64 bits per heavy atom. The molecule has 14 heavy (non-hydrogen) atoms. The second-order valence-corrected chi connectivity index (χ2v) is 5.92. The van der Waals surface area contributed by atoms with Gasteiger partial charge in [0.05, 0.1) is 23.5 Å². The minimum atomic E-state index is -3.00. The number of sulfone groups is 1. The Morgan fingerprint density at radius 2 is 2.29 bits per heavy atom. The summed E-state index contributed by atoms with van der Waals surface area (Å²) in [5.74, 6) is -0.663. The van der Waals surface area contributed by atoms with Gasteiger partial charge in [-0.2, -0.15) is 0 Å². The van der Waals surface area contributed by atoms with Crippen molar-refractivity contribution < 1.29 is 18.3 Å². The molecule has 0 bridgehead atoms. The fraction of sp³-hybridized carbons (Fsp3) is 0.875. The Labute approximate surface area is 83.4 Å². The van der Waals surface area contributed by atoms with E-state index in [0.29, 0.717) is 6.42 Å². The Balaban J connectivity index is 2.40. The van der Waals surface area contributed by atoms with E-state index in [9.17, 15) is 13.2 Å². The Bertz CT molecular complexity index is 309. The SMILES string of the molecule is CC(O)CNC(=O)C1CCS(=O)(=O)C1. The molecule has 0 aliphatic carbocycles. The first kappa shape index (κ1) is 11.5. The normalized spacial score (nSPS) is 27.1. The lowest BCUT2D eigenvalue weighted by Crippen LogP contribution is -2.35. The summed E-state index contributed by atoms with van der Waals surface area (Å²) in [5, 5.41) is 11.4. The fourth-order valence-corrected chi connectivity index (χ4v) is 3.14. The highest BCUT2D eigenvalue weighted by Crippen LogP contribution is 2.18. The Hall–Kier alpha value is -0.620. The van der Waals surface area contributed by atoms with Gasteiger partial charge in [0, 0.05) is 6.54 Å². The molecule has 0 radical (unpaired) electrons. The number of hydrogen-bond donors (Lipinski definition) is 2. The van der Waals surface area contributed by atoms with E-state index in [-0.39, 0.29) is 24.0 Å². The molecule has 82 valence electrons. The van der Waals surface area contributed by atoms with Crippen LogP contribution < -0.4 is 5.32 Å². The van der Waals surface area contributed by atoms with E-state index >= 15 is 0 Å². The number of nitrogens with one attached hydrogen (secondary N) is 1. The van der Waals surface area contributed by atoms with Gasteiger partial charge >= 0.3 is 0 Å². The summed E-state index contributed by atoms with van der Waals surface area (Å²) >= 11 is 0.